The highest BCUT2D eigenvalue weighted by atomic mass is 79.9. The van der Waals surface area contributed by atoms with E-state index in [2.05, 4.69) is 26.6 Å². The van der Waals surface area contributed by atoms with Crippen LogP contribution in [0.1, 0.15) is 18.9 Å². The number of nitrogens with one attached hydrogen (secondary N) is 2. The lowest BCUT2D eigenvalue weighted by Crippen LogP contribution is -2.43. The quantitative estimate of drug-likeness (QED) is 0.881. The largest absolute Gasteiger partial charge is 0.379 e. The molecule has 0 fully saturated rings. The molecule has 0 saturated heterocycles. The van der Waals surface area contributed by atoms with Gasteiger partial charge in [-0.3, -0.25) is 0 Å². The minimum absolute atomic E-state index is 0.0927. The summed E-state index contributed by atoms with van der Waals surface area (Å²) in [4.78, 5) is 0.415. The molecule has 2 N–H and O–H groups in total. The van der Waals surface area contributed by atoms with Gasteiger partial charge in [0, 0.05) is 10.5 Å². The Morgan fingerprint density at radius 3 is 2.74 bits per heavy atom. The van der Waals surface area contributed by atoms with Crippen LogP contribution >= 0.6 is 15.9 Å². The molecule has 0 aromatic heterocycles. The third-order valence-electron chi connectivity index (χ3n) is 3.51. The van der Waals surface area contributed by atoms with E-state index in [1.165, 1.54) is 0 Å². The van der Waals surface area contributed by atoms with Crippen LogP contribution in [0.4, 0.5) is 5.69 Å². The Morgan fingerprint density at radius 1 is 1.42 bits per heavy atom. The molecule has 4 nitrogen and oxygen atoms in total. The van der Waals surface area contributed by atoms with Crippen LogP contribution < -0.4 is 10.6 Å². The van der Waals surface area contributed by atoms with Crippen molar-refractivity contribution in [3.63, 3.8) is 0 Å². The van der Waals surface area contributed by atoms with Gasteiger partial charge in [0.25, 0.3) is 0 Å². The average molecular weight is 347 g/mol. The van der Waals surface area contributed by atoms with Gasteiger partial charge in [0.15, 0.2) is 9.84 Å². The van der Waals surface area contributed by atoms with Crippen molar-refractivity contribution in [2.75, 3.05) is 18.9 Å². The highest BCUT2D eigenvalue weighted by Crippen LogP contribution is 2.39. The first-order valence-electron chi connectivity index (χ1n) is 6.33. The molecule has 1 aromatic carbocycles. The van der Waals surface area contributed by atoms with E-state index in [1.54, 1.807) is 6.07 Å². The van der Waals surface area contributed by atoms with Gasteiger partial charge < -0.3 is 10.6 Å². The molecule has 1 heterocycles. The highest BCUT2D eigenvalue weighted by Gasteiger charge is 2.39. The summed E-state index contributed by atoms with van der Waals surface area (Å²) >= 11 is 3.45. The standard InChI is InChI=1S/C13H19BrN2O2S/c1-8-6-10(14)13-12(7-8)19(17,18)11(4-5-15-3)9(2)16-13/h6-7,9,11,15-16H,4-5H2,1-3H3. The van der Waals surface area contributed by atoms with Crippen molar-refractivity contribution >= 4 is 31.5 Å². The minimum Gasteiger partial charge on any atom is -0.379 e. The number of hydrogen-bond donors (Lipinski definition) is 2. The number of hydrogen-bond acceptors (Lipinski definition) is 4. The van der Waals surface area contributed by atoms with Gasteiger partial charge in [0.2, 0.25) is 0 Å². The fraction of sp³-hybridized carbons (Fsp3) is 0.538. The first-order chi connectivity index (χ1) is 8.87. The van der Waals surface area contributed by atoms with Crippen molar-refractivity contribution in [1.82, 2.24) is 5.32 Å². The Bertz CT molecular complexity index is 587. The minimum atomic E-state index is -3.28. The Labute approximate surface area is 123 Å². The smallest absolute Gasteiger partial charge is 0.185 e. The van der Waals surface area contributed by atoms with Gasteiger partial charge in [-0.1, -0.05) is 0 Å². The summed E-state index contributed by atoms with van der Waals surface area (Å²) in [6.07, 6.45) is 0.609. The van der Waals surface area contributed by atoms with Crippen LogP contribution in [0.5, 0.6) is 0 Å². The maximum Gasteiger partial charge on any atom is 0.185 e. The summed E-state index contributed by atoms with van der Waals surface area (Å²) in [5.74, 6) is 0. The molecule has 6 heteroatoms. The van der Waals surface area contributed by atoms with E-state index in [0.29, 0.717) is 23.5 Å². The van der Waals surface area contributed by atoms with Crippen molar-refractivity contribution in [2.24, 2.45) is 0 Å². The molecule has 2 rings (SSSR count). The second-order valence-electron chi connectivity index (χ2n) is 5.03. The molecule has 2 unspecified atom stereocenters. The zero-order valence-corrected chi connectivity index (χ0v) is 13.7. The fourth-order valence-electron chi connectivity index (χ4n) is 2.52. The molecule has 0 spiro atoms. The molecular formula is C13H19BrN2O2S. The molecule has 0 radical (unpaired) electrons. The average Bonchev–Trinajstić information content (AvgIpc) is 2.31. The highest BCUT2D eigenvalue weighted by molar-refractivity contribution is 9.10. The maximum absolute atomic E-state index is 12.7. The number of sulfone groups is 1. The molecule has 1 aromatic rings. The summed E-state index contributed by atoms with van der Waals surface area (Å²) in [7, 11) is -1.45. The zero-order valence-electron chi connectivity index (χ0n) is 11.3. The molecular weight excluding hydrogens is 328 g/mol. The van der Waals surface area contributed by atoms with Crippen LogP contribution in [0, 0.1) is 6.92 Å². The molecule has 0 bridgehead atoms. The number of fused-ring (bicyclic) bond motifs is 1. The van der Waals surface area contributed by atoms with Gasteiger partial charge in [0.1, 0.15) is 0 Å². The lowest BCUT2D eigenvalue weighted by Gasteiger charge is -2.33. The molecule has 1 aliphatic rings. The number of halogens is 1. The van der Waals surface area contributed by atoms with E-state index >= 15 is 0 Å². The Kier molecular flexibility index (Phi) is 4.23. The SMILES string of the molecule is CNCCC1C(C)Nc2c(Br)cc(C)cc2S1(=O)=O. The molecule has 106 valence electrons. The van der Waals surface area contributed by atoms with Crippen LogP contribution in [0.2, 0.25) is 0 Å². The normalized spacial score (nSPS) is 24.6. The monoisotopic (exact) mass is 346 g/mol. The molecule has 0 amide bonds. The predicted molar refractivity (Wildman–Crippen MR) is 81.5 cm³/mol. The Morgan fingerprint density at radius 2 is 2.11 bits per heavy atom. The van der Waals surface area contributed by atoms with Gasteiger partial charge in [-0.15, -0.1) is 0 Å². The molecule has 0 aliphatic carbocycles. The van der Waals surface area contributed by atoms with E-state index in [0.717, 1.165) is 10.0 Å². The summed E-state index contributed by atoms with van der Waals surface area (Å²) in [5.41, 5.74) is 1.64. The van der Waals surface area contributed by atoms with Gasteiger partial charge >= 0.3 is 0 Å². The molecule has 2 atom stereocenters. The van der Waals surface area contributed by atoms with Gasteiger partial charge in [0.05, 0.1) is 15.8 Å². The molecule has 1 aliphatic heterocycles. The first kappa shape index (κ1) is 14.8. The third-order valence-corrected chi connectivity index (χ3v) is 6.51. The lowest BCUT2D eigenvalue weighted by molar-refractivity contribution is 0.540. The van der Waals surface area contributed by atoms with E-state index in [-0.39, 0.29) is 11.3 Å². The van der Waals surface area contributed by atoms with E-state index in [9.17, 15) is 8.42 Å². The number of aryl methyl sites for hydroxylation is 1. The molecule has 0 saturated carbocycles. The van der Waals surface area contributed by atoms with Gasteiger partial charge in [-0.05, 0) is 67.5 Å². The summed E-state index contributed by atoms with van der Waals surface area (Å²) in [6.45, 7) is 4.52. The van der Waals surface area contributed by atoms with E-state index < -0.39 is 9.84 Å². The summed E-state index contributed by atoms with van der Waals surface area (Å²) < 4.78 is 26.3. The lowest BCUT2D eigenvalue weighted by atomic mass is 10.1. The predicted octanol–water partition coefficient (Wildman–Crippen LogP) is 2.32. The van der Waals surface area contributed by atoms with Crippen molar-refractivity contribution < 1.29 is 8.42 Å². The van der Waals surface area contributed by atoms with E-state index in [4.69, 9.17) is 0 Å². The van der Waals surface area contributed by atoms with Crippen LogP contribution in [-0.4, -0.2) is 33.3 Å². The topological polar surface area (TPSA) is 58.2 Å². The Hall–Kier alpha value is -0.590. The zero-order chi connectivity index (χ0) is 14.2. The van der Waals surface area contributed by atoms with Gasteiger partial charge in [-0.2, -0.15) is 0 Å². The second-order valence-corrected chi connectivity index (χ2v) is 8.02. The fourth-order valence-corrected chi connectivity index (χ4v) is 5.50. The van der Waals surface area contributed by atoms with E-state index in [1.807, 2.05) is 27.0 Å². The number of rotatable bonds is 3. The van der Waals surface area contributed by atoms with Crippen molar-refractivity contribution in [3.8, 4) is 0 Å². The number of anilines is 1. The van der Waals surface area contributed by atoms with Crippen LogP contribution in [-0.2, 0) is 9.84 Å². The first-order valence-corrected chi connectivity index (χ1v) is 8.67. The molecule has 19 heavy (non-hydrogen) atoms. The van der Waals surface area contributed by atoms with Crippen LogP contribution in [0.15, 0.2) is 21.5 Å². The van der Waals surface area contributed by atoms with Gasteiger partial charge in [-0.25, -0.2) is 8.42 Å². The van der Waals surface area contributed by atoms with Crippen molar-refractivity contribution in [1.29, 1.82) is 0 Å². The van der Waals surface area contributed by atoms with Crippen LogP contribution in [0.25, 0.3) is 0 Å². The van der Waals surface area contributed by atoms with Crippen molar-refractivity contribution in [3.05, 3.63) is 22.2 Å². The second kappa shape index (κ2) is 5.42. The summed E-state index contributed by atoms with van der Waals surface area (Å²) in [5, 5.41) is 5.95. The summed E-state index contributed by atoms with van der Waals surface area (Å²) in [6, 6.07) is 3.59. The maximum atomic E-state index is 12.7. The number of benzene rings is 1. The van der Waals surface area contributed by atoms with Crippen LogP contribution in [0.3, 0.4) is 0 Å². The van der Waals surface area contributed by atoms with Crippen molar-refractivity contribution in [2.45, 2.75) is 36.5 Å². The Balaban J connectivity index is 2.52. The third kappa shape index (κ3) is 2.66.